The third-order valence-electron chi connectivity index (χ3n) is 4.94. The fraction of sp³-hybridized carbons (Fsp3) is 0.304. The normalized spacial score (nSPS) is 19.8. The molecule has 0 spiro atoms. The van der Waals surface area contributed by atoms with Crippen molar-refractivity contribution in [2.75, 3.05) is 6.61 Å². The number of allylic oxidation sites excluding steroid dienone is 4. The van der Waals surface area contributed by atoms with Crippen molar-refractivity contribution in [3.05, 3.63) is 71.3 Å². The Morgan fingerprint density at radius 1 is 1.04 bits per heavy atom. The van der Waals surface area contributed by atoms with Gasteiger partial charge in [0.2, 0.25) is 0 Å². The van der Waals surface area contributed by atoms with Gasteiger partial charge in [0.05, 0.1) is 18.4 Å². The molecule has 0 saturated heterocycles. The highest BCUT2D eigenvalue weighted by Crippen LogP contribution is 2.34. The fourth-order valence-corrected chi connectivity index (χ4v) is 3.46. The summed E-state index contributed by atoms with van der Waals surface area (Å²) in [7, 11) is 0. The van der Waals surface area contributed by atoms with E-state index in [-0.39, 0.29) is 36.8 Å². The minimum absolute atomic E-state index is 0.0146. The second-order valence-corrected chi connectivity index (χ2v) is 7.17. The summed E-state index contributed by atoms with van der Waals surface area (Å²) >= 11 is 0. The van der Waals surface area contributed by atoms with Crippen LogP contribution >= 0.6 is 0 Å². The summed E-state index contributed by atoms with van der Waals surface area (Å²) in [5, 5.41) is 0. The number of ketones is 3. The number of rotatable bonds is 7. The molecule has 0 saturated carbocycles. The molecule has 28 heavy (non-hydrogen) atoms. The van der Waals surface area contributed by atoms with Gasteiger partial charge >= 0.3 is 5.97 Å². The standard InChI is InChI=1S/C23H22O5/c1-14(2)23(27)28-11-5-6-16(24)12-15-9-10-19-20(13-15)22(26)18-8-4-3-7-17(18)21(19)25/h3-4,7-10,13,17-18H,1,5-6,11-12H2,2H3. The topological polar surface area (TPSA) is 77.5 Å². The van der Waals surface area contributed by atoms with E-state index < -0.39 is 17.8 Å². The molecule has 1 aromatic carbocycles. The van der Waals surface area contributed by atoms with Gasteiger partial charge in [-0.3, -0.25) is 14.4 Å². The highest BCUT2D eigenvalue weighted by Gasteiger charge is 2.39. The Morgan fingerprint density at radius 3 is 2.32 bits per heavy atom. The molecule has 5 nitrogen and oxygen atoms in total. The highest BCUT2D eigenvalue weighted by molar-refractivity contribution is 6.17. The number of fused-ring (bicyclic) bond motifs is 2. The molecule has 0 aromatic heterocycles. The van der Waals surface area contributed by atoms with Crippen molar-refractivity contribution in [3.8, 4) is 0 Å². The van der Waals surface area contributed by atoms with E-state index in [1.54, 1.807) is 49.4 Å². The fourth-order valence-electron chi connectivity index (χ4n) is 3.46. The van der Waals surface area contributed by atoms with Crippen LogP contribution in [0.2, 0.25) is 0 Å². The molecule has 3 rings (SSSR count). The molecule has 2 aliphatic carbocycles. The van der Waals surface area contributed by atoms with Crippen molar-refractivity contribution in [3.63, 3.8) is 0 Å². The Labute approximate surface area is 163 Å². The van der Waals surface area contributed by atoms with Gasteiger partial charge < -0.3 is 4.74 Å². The molecule has 0 amide bonds. The Hall–Kier alpha value is -3.08. The van der Waals surface area contributed by atoms with Crippen LogP contribution in [0.1, 0.15) is 46.0 Å². The van der Waals surface area contributed by atoms with E-state index in [2.05, 4.69) is 6.58 Å². The molecule has 144 valence electrons. The number of hydrogen-bond donors (Lipinski definition) is 0. The average molecular weight is 378 g/mol. The van der Waals surface area contributed by atoms with Crippen LogP contribution in [0, 0.1) is 11.8 Å². The number of carbonyl (C=O) groups excluding carboxylic acids is 4. The lowest BCUT2D eigenvalue weighted by molar-refractivity contribution is -0.139. The molecule has 0 N–H and O–H groups in total. The van der Waals surface area contributed by atoms with Crippen LogP contribution in [0.3, 0.4) is 0 Å². The van der Waals surface area contributed by atoms with Crippen LogP contribution in [-0.2, 0) is 20.7 Å². The number of esters is 1. The lowest BCUT2D eigenvalue weighted by atomic mass is 9.72. The van der Waals surface area contributed by atoms with Crippen molar-refractivity contribution < 1.29 is 23.9 Å². The van der Waals surface area contributed by atoms with Gasteiger partial charge in [-0.25, -0.2) is 4.79 Å². The maximum atomic E-state index is 12.8. The molecule has 2 unspecified atom stereocenters. The van der Waals surface area contributed by atoms with Crippen LogP contribution in [-0.4, -0.2) is 29.9 Å². The van der Waals surface area contributed by atoms with Crippen molar-refractivity contribution in [1.29, 1.82) is 0 Å². The monoisotopic (exact) mass is 378 g/mol. The van der Waals surface area contributed by atoms with E-state index in [0.717, 1.165) is 0 Å². The maximum absolute atomic E-state index is 12.8. The molecule has 0 aliphatic heterocycles. The molecule has 5 heteroatoms. The summed E-state index contributed by atoms with van der Waals surface area (Å²) in [6, 6.07) is 5.04. The molecule has 0 heterocycles. The number of carbonyl (C=O) groups is 4. The Morgan fingerprint density at radius 2 is 1.68 bits per heavy atom. The zero-order valence-electron chi connectivity index (χ0n) is 15.8. The maximum Gasteiger partial charge on any atom is 0.333 e. The Bertz CT molecular complexity index is 919. The van der Waals surface area contributed by atoms with Gasteiger partial charge in [0.1, 0.15) is 5.78 Å². The summed E-state index contributed by atoms with van der Waals surface area (Å²) in [6.45, 7) is 5.23. The van der Waals surface area contributed by atoms with Crippen LogP contribution < -0.4 is 0 Å². The lowest BCUT2D eigenvalue weighted by Gasteiger charge is -2.28. The van der Waals surface area contributed by atoms with Crippen LogP contribution in [0.5, 0.6) is 0 Å². The Balaban J connectivity index is 1.63. The third-order valence-corrected chi connectivity index (χ3v) is 4.94. The number of ether oxygens (including phenoxy) is 1. The molecule has 0 radical (unpaired) electrons. The molecule has 1 aromatic rings. The van der Waals surface area contributed by atoms with E-state index >= 15 is 0 Å². The molecule has 2 aliphatic rings. The van der Waals surface area contributed by atoms with Gasteiger partial charge in [-0.1, -0.05) is 43.0 Å². The number of Topliss-reactive ketones (excluding diaryl/α,β-unsaturated/α-hetero) is 3. The molecular formula is C23H22O5. The predicted octanol–water partition coefficient (Wildman–Crippen LogP) is 3.44. The van der Waals surface area contributed by atoms with Crippen molar-refractivity contribution >= 4 is 23.3 Å². The smallest absolute Gasteiger partial charge is 0.333 e. The number of hydrogen-bond acceptors (Lipinski definition) is 5. The van der Waals surface area contributed by atoms with E-state index in [9.17, 15) is 19.2 Å². The van der Waals surface area contributed by atoms with Crippen LogP contribution in [0.15, 0.2) is 54.7 Å². The SMILES string of the molecule is C=C(C)C(=O)OCCCC(=O)Cc1ccc2c(c1)C(=O)C1C=CC=CC1C2=O. The minimum atomic E-state index is -0.463. The summed E-state index contributed by atoms with van der Waals surface area (Å²) in [4.78, 5) is 48.9. The molecule has 0 bridgehead atoms. The first-order valence-corrected chi connectivity index (χ1v) is 9.29. The first-order chi connectivity index (χ1) is 13.4. The van der Waals surface area contributed by atoms with Gasteiger partial charge in [0.15, 0.2) is 11.6 Å². The van der Waals surface area contributed by atoms with Crippen molar-refractivity contribution in [1.82, 2.24) is 0 Å². The lowest BCUT2D eigenvalue weighted by Crippen LogP contribution is -2.35. The van der Waals surface area contributed by atoms with Gasteiger partial charge in [-0.05, 0) is 25.0 Å². The summed E-state index contributed by atoms with van der Waals surface area (Å²) < 4.78 is 4.97. The average Bonchev–Trinajstić information content (AvgIpc) is 2.69. The first kappa shape index (κ1) is 19.7. The summed E-state index contributed by atoms with van der Waals surface area (Å²) in [5.41, 5.74) is 1.85. The summed E-state index contributed by atoms with van der Waals surface area (Å²) in [6.07, 6.45) is 7.98. The van der Waals surface area contributed by atoms with E-state index in [4.69, 9.17) is 4.74 Å². The zero-order chi connectivity index (χ0) is 20.3. The van der Waals surface area contributed by atoms with Crippen LogP contribution in [0.25, 0.3) is 0 Å². The van der Waals surface area contributed by atoms with Crippen molar-refractivity contribution in [2.24, 2.45) is 11.8 Å². The minimum Gasteiger partial charge on any atom is -0.462 e. The molecule has 2 atom stereocenters. The second-order valence-electron chi connectivity index (χ2n) is 7.17. The van der Waals surface area contributed by atoms with Crippen molar-refractivity contribution in [2.45, 2.75) is 26.2 Å². The molecular weight excluding hydrogens is 356 g/mol. The molecule has 0 fully saturated rings. The van der Waals surface area contributed by atoms with Gasteiger partial charge in [-0.2, -0.15) is 0 Å². The zero-order valence-corrected chi connectivity index (χ0v) is 15.8. The Kier molecular flexibility index (Phi) is 5.83. The largest absolute Gasteiger partial charge is 0.462 e. The quantitative estimate of drug-likeness (QED) is 0.413. The van der Waals surface area contributed by atoms with E-state index in [1.807, 2.05) is 0 Å². The third kappa shape index (κ3) is 4.09. The van der Waals surface area contributed by atoms with Crippen LogP contribution in [0.4, 0.5) is 0 Å². The second kappa shape index (κ2) is 8.30. The van der Waals surface area contributed by atoms with E-state index in [1.165, 1.54) is 0 Å². The van der Waals surface area contributed by atoms with E-state index in [0.29, 0.717) is 28.7 Å². The summed E-state index contributed by atoms with van der Waals surface area (Å²) in [5.74, 6) is -1.51. The van der Waals surface area contributed by atoms with Gasteiger partial charge in [0, 0.05) is 29.5 Å². The highest BCUT2D eigenvalue weighted by atomic mass is 16.5. The first-order valence-electron chi connectivity index (χ1n) is 9.29. The number of benzene rings is 1. The van der Waals surface area contributed by atoms with Gasteiger partial charge in [-0.15, -0.1) is 0 Å². The predicted molar refractivity (Wildman–Crippen MR) is 104 cm³/mol. The van der Waals surface area contributed by atoms with Gasteiger partial charge in [0.25, 0.3) is 0 Å².